The Hall–Kier alpha value is -2.69. The molecule has 0 saturated carbocycles. The van der Waals surface area contributed by atoms with Crippen molar-refractivity contribution in [2.45, 2.75) is 39.0 Å². The van der Waals surface area contributed by atoms with Gasteiger partial charge in [0.05, 0.1) is 12.8 Å². The normalized spacial score (nSPS) is 11.7. The summed E-state index contributed by atoms with van der Waals surface area (Å²) in [5, 5.41) is 9.15. The van der Waals surface area contributed by atoms with E-state index in [9.17, 15) is 4.79 Å². The Balaban J connectivity index is 2.03. The lowest BCUT2D eigenvalue weighted by Crippen LogP contribution is -2.13. The number of carbonyl (C=O) groups excluding carboxylic acids is 1. The second-order valence-corrected chi connectivity index (χ2v) is 7.19. The van der Waals surface area contributed by atoms with Crippen molar-refractivity contribution in [1.29, 1.82) is 0 Å². The molecule has 0 aliphatic rings. The fourth-order valence-electron chi connectivity index (χ4n) is 2.69. The average molecular weight is 337 g/mol. The van der Waals surface area contributed by atoms with Crippen LogP contribution in [0.2, 0.25) is 0 Å². The molecule has 25 heavy (non-hydrogen) atoms. The summed E-state index contributed by atoms with van der Waals surface area (Å²) in [4.78, 5) is 13.2. The second-order valence-electron chi connectivity index (χ2n) is 7.19. The number of aryl methyl sites for hydroxylation is 1. The van der Waals surface area contributed by atoms with E-state index >= 15 is 0 Å². The fourth-order valence-corrected chi connectivity index (χ4v) is 2.69. The van der Waals surface area contributed by atoms with E-state index in [-0.39, 0.29) is 11.4 Å². The van der Waals surface area contributed by atoms with Gasteiger partial charge in [-0.2, -0.15) is 4.80 Å². The van der Waals surface area contributed by atoms with Crippen LogP contribution in [0.4, 0.5) is 0 Å². The van der Waals surface area contributed by atoms with Gasteiger partial charge in [0.25, 0.3) is 0 Å². The Kier molecular flexibility index (Phi) is 4.57. The van der Waals surface area contributed by atoms with Crippen LogP contribution in [0.1, 0.15) is 38.3 Å². The highest BCUT2D eigenvalue weighted by Gasteiger charge is 2.17. The first kappa shape index (κ1) is 17.1. The van der Waals surface area contributed by atoms with Crippen LogP contribution < -0.4 is 0 Å². The Morgan fingerprint density at radius 1 is 1.08 bits per heavy atom. The molecule has 0 bridgehead atoms. The second kappa shape index (κ2) is 6.67. The SMILES string of the molecule is COC(=O)CCc1cc(-n2nc3ccccc3n2)cc(C(C)(C)C)c1. The lowest BCUT2D eigenvalue weighted by atomic mass is 9.85. The zero-order valence-corrected chi connectivity index (χ0v) is 15.1. The minimum absolute atomic E-state index is 0.0113. The minimum Gasteiger partial charge on any atom is -0.469 e. The van der Waals surface area contributed by atoms with Crippen LogP contribution in [-0.4, -0.2) is 28.1 Å². The molecule has 0 aliphatic heterocycles. The summed E-state index contributed by atoms with van der Waals surface area (Å²) in [5.74, 6) is -0.203. The lowest BCUT2D eigenvalue weighted by molar-refractivity contribution is -0.140. The molecular weight excluding hydrogens is 314 g/mol. The van der Waals surface area contributed by atoms with Gasteiger partial charge in [-0.25, -0.2) is 0 Å². The highest BCUT2D eigenvalue weighted by Crippen LogP contribution is 2.26. The summed E-state index contributed by atoms with van der Waals surface area (Å²) in [5.41, 5.74) is 4.88. The van der Waals surface area contributed by atoms with Gasteiger partial charge in [0.1, 0.15) is 11.0 Å². The van der Waals surface area contributed by atoms with Crippen molar-refractivity contribution in [3.8, 4) is 5.69 Å². The Labute approximate surface area is 147 Å². The predicted molar refractivity (Wildman–Crippen MR) is 97.9 cm³/mol. The first-order valence-corrected chi connectivity index (χ1v) is 8.40. The predicted octanol–water partition coefficient (Wildman–Crippen LogP) is 3.82. The molecule has 2 aromatic carbocycles. The number of ether oxygens (including phenoxy) is 1. The van der Waals surface area contributed by atoms with E-state index in [0.717, 1.165) is 22.3 Å². The number of esters is 1. The van der Waals surface area contributed by atoms with E-state index in [4.69, 9.17) is 4.74 Å². The monoisotopic (exact) mass is 337 g/mol. The van der Waals surface area contributed by atoms with Crippen molar-refractivity contribution in [1.82, 2.24) is 15.0 Å². The number of fused-ring (bicyclic) bond motifs is 1. The van der Waals surface area contributed by atoms with Gasteiger partial charge in [0, 0.05) is 6.42 Å². The van der Waals surface area contributed by atoms with E-state index in [1.165, 1.54) is 12.7 Å². The van der Waals surface area contributed by atoms with Crippen molar-refractivity contribution in [3.05, 3.63) is 53.6 Å². The molecule has 3 aromatic rings. The Bertz CT molecular complexity index is 874. The molecule has 0 N–H and O–H groups in total. The maximum absolute atomic E-state index is 11.5. The van der Waals surface area contributed by atoms with Crippen LogP contribution in [-0.2, 0) is 21.4 Å². The van der Waals surface area contributed by atoms with Crippen LogP contribution >= 0.6 is 0 Å². The molecule has 0 saturated heterocycles. The van der Waals surface area contributed by atoms with Crippen molar-refractivity contribution in [3.63, 3.8) is 0 Å². The van der Waals surface area contributed by atoms with Gasteiger partial charge >= 0.3 is 5.97 Å². The van der Waals surface area contributed by atoms with Gasteiger partial charge in [-0.05, 0) is 47.2 Å². The summed E-state index contributed by atoms with van der Waals surface area (Å²) in [6.07, 6.45) is 0.989. The first-order valence-electron chi connectivity index (χ1n) is 8.40. The molecule has 0 fully saturated rings. The van der Waals surface area contributed by atoms with Gasteiger partial charge < -0.3 is 4.74 Å². The molecule has 0 atom stereocenters. The van der Waals surface area contributed by atoms with Gasteiger partial charge in [-0.1, -0.05) is 39.0 Å². The van der Waals surface area contributed by atoms with E-state index in [1.807, 2.05) is 30.3 Å². The summed E-state index contributed by atoms with van der Waals surface area (Å²) < 4.78 is 4.76. The summed E-state index contributed by atoms with van der Waals surface area (Å²) in [7, 11) is 1.42. The van der Waals surface area contributed by atoms with Crippen LogP contribution in [0.5, 0.6) is 0 Å². The topological polar surface area (TPSA) is 57.0 Å². The van der Waals surface area contributed by atoms with Crippen LogP contribution in [0, 0.1) is 0 Å². The van der Waals surface area contributed by atoms with Gasteiger partial charge in [0.15, 0.2) is 0 Å². The van der Waals surface area contributed by atoms with Crippen molar-refractivity contribution in [2.75, 3.05) is 7.11 Å². The largest absolute Gasteiger partial charge is 0.469 e. The summed E-state index contributed by atoms with van der Waals surface area (Å²) in [6, 6.07) is 14.1. The smallest absolute Gasteiger partial charge is 0.305 e. The summed E-state index contributed by atoms with van der Waals surface area (Å²) >= 11 is 0. The molecule has 5 nitrogen and oxygen atoms in total. The molecule has 0 aliphatic carbocycles. The van der Waals surface area contributed by atoms with Crippen LogP contribution in [0.15, 0.2) is 42.5 Å². The van der Waals surface area contributed by atoms with Crippen LogP contribution in [0.25, 0.3) is 16.7 Å². The van der Waals surface area contributed by atoms with Gasteiger partial charge in [-0.15, -0.1) is 10.2 Å². The zero-order chi connectivity index (χ0) is 18.0. The number of carbonyl (C=O) groups is 1. The minimum atomic E-state index is -0.203. The number of aromatic nitrogens is 3. The highest BCUT2D eigenvalue weighted by molar-refractivity contribution is 5.73. The molecular formula is C20H23N3O2. The molecule has 1 heterocycles. The maximum atomic E-state index is 11.5. The van der Waals surface area contributed by atoms with Crippen molar-refractivity contribution >= 4 is 17.0 Å². The fraction of sp³-hybridized carbons (Fsp3) is 0.350. The lowest BCUT2D eigenvalue weighted by Gasteiger charge is -2.21. The zero-order valence-electron chi connectivity index (χ0n) is 15.1. The molecule has 0 radical (unpaired) electrons. The Morgan fingerprint density at radius 2 is 1.72 bits per heavy atom. The molecule has 0 amide bonds. The molecule has 0 unspecified atom stereocenters. The quantitative estimate of drug-likeness (QED) is 0.679. The standard InChI is InChI=1S/C20H23N3O2/c1-20(2,3)15-11-14(9-10-19(24)25-4)12-16(13-15)23-21-17-7-5-6-8-18(17)22-23/h5-8,11-13H,9-10H2,1-4H3. The Morgan fingerprint density at radius 3 is 2.28 bits per heavy atom. The third-order valence-electron chi connectivity index (χ3n) is 4.21. The number of hydrogen-bond donors (Lipinski definition) is 0. The number of rotatable bonds is 4. The van der Waals surface area contributed by atoms with Gasteiger partial charge in [0.2, 0.25) is 0 Å². The van der Waals surface area contributed by atoms with Crippen LogP contribution in [0.3, 0.4) is 0 Å². The molecule has 5 heteroatoms. The number of hydrogen-bond acceptors (Lipinski definition) is 4. The molecule has 3 rings (SSSR count). The van der Waals surface area contributed by atoms with Gasteiger partial charge in [-0.3, -0.25) is 4.79 Å². The van der Waals surface area contributed by atoms with Crippen molar-refractivity contribution in [2.24, 2.45) is 0 Å². The van der Waals surface area contributed by atoms with E-state index in [2.05, 4.69) is 43.1 Å². The first-order chi connectivity index (χ1) is 11.9. The molecule has 130 valence electrons. The molecule has 0 spiro atoms. The van der Waals surface area contributed by atoms with E-state index < -0.39 is 0 Å². The van der Waals surface area contributed by atoms with E-state index in [1.54, 1.807) is 4.80 Å². The average Bonchev–Trinajstić information content (AvgIpc) is 3.02. The highest BCUT2D eigenvalue weighted by atomic mass is 16.5. The van der Waals surface area contributed by atoms with E-state index in [0.29, 0.717) is 12.8 Å². The summed E-state index contributed by atoms with van der Waals surface area (Å²) in [6.45, 7) is 6.51. The number of benzene rings is 2. The number of methoxy groups -OCH3 is 1. The molecule has 1 aromatic heterocycles. The third kappa shape index (κ3) is 3.87. The van der Waals surface area contributed by atoms with Crippen molar-refractivity contribution < 1.29 is 9.53 Å². The maximum Gasteiger partial charge on any atom is 0.305 e. The third-order valence-corrected chi connectivity index (χ3v) is 4.21. The number of nitrogens with zero attached hydrogens (tertiary/aromatic N) is 3.